The average Bonchev–Trinajstić information content (AvgIpc) is 2.74. The van der Waals surface area contributed by atoms with Crippen molar-refractivity contribution in [3.05, 3.63) is 38.4 Å². The minimum atomic E-state index is -1.02. The van der Waals surface area contributed by atoms with E-state index in [1.807, 2.05) is 23.4 Å². The van der Waals surface area contributed by atoms with Gasteiger partial charge in [0.25, 0.3) is 0 Å². The number of anilines is 1. The van der Waals surface area contributed by atoms with Crippen molar-refractivity contribution < 1.29 is 9.90 Å². The quantitative estimate of drug-likeness (QED) is 0.925. The summed E-state index contributed by atoms with van der Waals surface area (Å²) in [6, 6.07) is 2.01. The molecule has 0 aliphatic carbocycles. The maximum absolute atomic E-state index is 11.2. The Bertz CT molecular complexity index is 615. The van der Waals surface area contributed by atoms with E-state index in [0.29, 0.717) is 18.2 Å². The number of rotatable bonds is 4. The van der Waals surface area contributed by atoms with E-state index in [2.05, 4.69) is 25.9 Å². The zero-order chi connectivity index (χ0) is 14.0. The highest BCUT2D eigenvalue weighted by molar-refractivity contribution is 9.10. The molecule has 7 heteroatoms. The van der Waals surface area contributed by atoms with Gasteiger partial charge in [-0.25, -0.2) is 14.8 Å². The van der Waals surface area contributed by atoms with Crippen LogP contribution in [0.5, 0.6) is 0 Å². The second-order valence-electron chi connectivity index (χ2n) is 4.05. The van der Waals surface area contributed by atoms with E-state index in [-0.39, 0.29) is 5.56 Å². The van der Waals surface area contributed by atoms with Crippen LogP contribution in [-0.2, 0) is 6.54 Å². The fourth-order valence-electron chi connectivity index (χ4n) is 1.65. The van der Waals surface area contributed by atoms with Gasteiger partial charge in [0, 0.05) is 28.0 Å². The molecular formula is C12H12BrN3O2S. The highest BCUT2D eigenvalue weighted by atomic mass is 79.9. The Kier molecular flexibility index (Phi) is 4.16. The number of aromatic nitrogens is 2. The molecule has 2 aromatic heterocycles. The summed E-state index contributed by atoms with van der Waals surface area (Å²) >= 11 is 5.01. The number of carboxylic acids is 1. The Morgan fingerprint density at radius 1 is 1.58 bits per heavy atom. The summed E-state index contributed by atoms with van der Waals surface area (Å²) in [5.74, 6) is -0.0297. The van der Waals surface area contributed by atoms with Gasteiger partial charge in [0.2, 0.25) is 0 Å². The number of aryl methyl sites for hydroxylation is 1. The zero-order valence-electron chi connectivity index (χ0n) is 10.4. The number of thiophene rings is 1. The Hall–Kier alpha value is -1.47. The Morgan fingerprint density at radius 2 is 2.32 bits per heavy atom. The van der Waals surface area contributed by atoms with Crippen molar-refractivity contribution in [2.45, 2.75) is 13.5 Å². The third-order valence-electron chi connectivity index (χ3n) is 2.50. The van der Waals surface area contributed by atoms with Crippen LogP contribution < -0.4 is 4.90 Å². The van der Waals surface area contributed by atoms with E-state index in [9.17, 15) is 4.79 Å². The van der Waals surface area contributed by atoms with Gasteiger partial charge in [-0.3, -0.25) is 0 Å². The predicted octanol–water partition coefficient (Wildman–Crippen LogP) is 2.94. The third-order valence-corrected chi connectivity index (χ3v) is 4.18. The molecule has 5 nitrogen and oxygen atoms in total. The van der Waals surface area contributed by atoms with Gasteiger partial charge in [-0.15, -0.1) is 11.3 Å². The van der Waals surface area contributed by atoms with Crippen LogP contribution >= 0.6 is 27.3 Å². The number of nitrogens with zero attached hydrogens (tertiary/aromatic N) is 3. The molecule has 19 heavy (non-hydrogen) atoms. The van der Waals surface area contributed by atoms with Crippen molar-refractivity contribution in [1.29, 1.82) is 0 Å². The Balaban J connectivity index is 2.29. The molecule has 0 aliphatic heterocycles. The smallest absolute Gasteiger partial charge is 0.341 e. The van der Waals surface area contributed by atoms with Gasteiger partial charge in [-0.2, -0.15) is 0 Å². The molecular weight excluding hydrogens is 330 g/mol. The molecule has 1 N–H and O–H groups in total. The van der Waals surface area contributed by atoms with Crippen LogP contribution in [0.25, 0.3) is 0 Å². The van der Waals surface area contributed by atoms with E-state index in [1.54, 1.807) is 18.3 Å². The molecule has 2 rings (SSSR count). The maximum Gasteiger partial charge on any atom is 0.341 e. The molecule has 0 atom stereocenters. The highest BCUT2D eigenvalue weighted by Crippen LogP contribution is 2.24. The summed E-state index contributed by atoms with van der Waals surface area (Å²) in [4.78, 5) is 22.3. The molecule has 0 bridgehead atoms. The first kappa shape index (κ1) is 14.0. The van der Waals surface area contributed by atoms with Crippen LogP contribution in [0, 0.1) is 6.92 Å². The first-order chi connectivity index (χ1) is 8.97. The van der Waals surface area contributed by atoms with Gasteiger partial charge in [0.1, 0.15) is 17.2 Å². The summed E-state index contributed by atoms with van der Waals surface area (Å²) in [6.07, 6.45) is 1.35. The van der Waals surface area contributed by atoms with Crippen LogP contribution in [0.15, 0.2) is 22.1 Å². The topological polar surface area (TPSA) is 66.3 Å². The lowest BCUT2D eigenvalue weighted by molar-refractivity contribution is 0.0696. The molecule has 0 saturated carbocycles. The minimum absolute atomic E-state index is 0.115. The molecule has 0 radical (unpaired) electrons. The summed E-state index contributed by atoms with van der Waals surface area (Å²) in [6.45, 7) is 2.34. The molecule has 0 amide bonds. The number of hydrogen-bond acceptors (Lipinski definition) is 5. The van der Waals surface area contributed by atoms with Crippen molar-refractivity contribution in [1.82, 2.24) is 9.97 Å². The number of halogens is 1. The normalized spacial score (nSPS) is 10.5. The lowest BCUT2D eigenvalue weighted by atomic mass is 10.3. The van der Waals surface area contributed by atoms with Gasteiger partial charge in [0.05, 0.1) is 6.54 Å². The van der Waals surface area contributed by atoms with E-state index in [1.165, 1.54) is 6.20 Å². The monoisotopic (exact) mass is 341 g/mol. The lowest BCUT2D eigenvalue weighted by Crippen LogP contribution is -2.21. The van der Waals surface area contributed by atoms with Gasteiger partial charge >= 0.3 is 5.97 Å². The van der Waals surface area contributed by atoms with Crippen LogP contribution in [0.1, 0.15) is 21.1 Å². The Labute approximate surface area is 123 Å². The van der Waals surface area contributed by atoms with Crippen molar-refractivity contribution in [2.24, 2.45) is 0 Å². The molecule has 0 saturated heterocycles. The molecule has 2 aromatic rings. The summed E-state index contributed by atoms with van der Waals surface area (Å²) < 4.78 is 1.03. The second-order valence-corrected chi connectivity index (χ2v) is 5.96. The van der Waals surface area contributed by atoms with Crippen molar-refractivity contribution >= 4 is 39.1 Å². The van der Waals surface area contributed by atoms with Gasteiger partial charge in [0.15, 0.2) is 0 Å². The maximum atomic E-state index is 11.2. The fourth-order valence-corrected chi connectivity index (χ4v) is 3.15. The number of hydrogen-bond donors (Lipinski definition) is 1. The van der Waals surface area contributed by atoms with Crippen molar-refractivity contribution in [2.75, 3.05) is 11.9 Å². The van der Waals surface area contributed by atoms with Crippen LogP contribution in [0.2, 0.25) is 0 Å². The molecule has 100 valence electrons. The SMILES string of the molecule is Cc1ncc(C(=O)O)c(N(C)Cc2cc(Br)cs2)n1. The predicted molar refractivity (Wildman–Crippen MR) is 77.9 cm³/mol. The largest absolute Gasteiger partial charge is 0.477 e. The standard InChI is InChI=1S/C12H12BrN3O2S/c1-7-14-4-10(12(17)18)11(15-7)16(2)5-9-3-8(13)6-19-9/h3-4,6H,5H2,1-2H3,(H,17,18). The Morgan fingerprint density at radius 3 is 2.89 bits per heavy atom. The van der Waals surface area contributed by atoms with Crippen molar-refractivity contribution in [3.63, 3.8) is 0 Å². The minimum Gasteiger partial charge on any atom is -0.477 e. The number of carbonyl (C=O) groups is 1. The van der Waals surface area contributed by atoms with Gasteiger partial charge < -0.3 is 10.0 Å². The molecule has 2 heterocycles. The lowest BCUT2D eigenvalue weighted by Gasteiger charge is -2.19. The summed E-state index contributed by atoms with van der Waals surface area (Å²) in [7, 11) is 1.82. The summed E-state index contributed by atoms with van der Waals surface area (Å²) in [5, 5.41) is 11.2. The van der Waals surface area contributed by atoms with Crippen molar-refractivity contribution in [3.8, 4) is 0 Å². The number of aromatic carboxylic acids is 1. The second kappa shape index (κ2) is 5.66. The molecule has 0 fully saturated rings. The molecule has 0 spiro atoms. The molecule has 0 unspecified atom stereocenters. The molecule has 0 aliphatic rings. The molecule has 0 aromatic carbocycles. The van der Waals surface area contributed by atoms with E-state index in [0.717, 1.165) is 9.35 Å². The fraction of sp³-hybridized carbons (Fsp3) is 0.250. The number of carboxylic acid groups (broad SMARTS) is 1. The zero-order valence-corrected chi connectivity index (χ0v) is 12.8. The first-order valence-electron chi connectivity index (χ1n) is 5.48. The van der Waals surface area contributed by atoms with Gasteiger partial charge in [-0.05, 0) is 28.9 Å². The van der Waals surface area contributed by atoms with E-state index >= 15 is 0 Å². The van der Waals surface area contributed by atoms with Gasteiger partial charge in [-0.1, -0.05) is 0 Å². The summed E-state index contributed by atoms with van der Waals surface area (Å²) in [5.41, 5.74) is 0.115. The first-order valence-corrected chi connectivity index (χ1v) is 7.15. The van der Waals surface area contributed by atoms with E-state index in [4.69, 9.17) is 5.11 Å². The average molecular weight is 342 g/mol. The van der Waals surface area contributed by atoms with Crippen LogP contribution in [0.3, 0.4) is 0 Å². The highest BCUT2D eigenvalue weighted by Gasteiger charge is 2.16. The van der Waals surface area contributed by atoms with Crippen LogP contribution in [0.4, 0.5) is 5.82 Å². The van der Waals surface area contributed by atoms with E-state index < -0.39 is 5.97 Å². The van der Waals surface area contributed by atoms with Crippen LogP contribution in [-0.4, -0.2) is 28.1 Å². The third kappa shape index (κ3) is 3.30.